The summed E-state index contributed by atoms with van der Waals surface area (Å²) in [4.78, 5) is 11.8. The molecule has 0 heterocycles. The van der Waals surface area contributed by atoms with Crippen molar-refractivity contribution in [2.45, 2.75) is 63.8 Å². The molecule has 24 heavy (non-hydrogen) atoms. The Morgan fingerprint density at radius 3 is 2.46 bits per heavy atom. The minimum Gasteiger partial charge on any atom is -0.465 e. The number of rotatable bonds is 9. The maximum atomic E-state index is 12.2. The smallest absolute Gasteiger partial charge is 0.465 e. The topological polar surface area (TPSA) is 69.7 Å². The minimum absolute atomic E-state index is 0.0500. The molecule has 0 bridgehead atoms. The lowest BCUT2D eigenvalue weighted by Gasteiger charge is -2.21. The van der Waals surface area contributed by atoms with Crippen molar-refractivity contribution in [1.29, 1.82) is 0 Å². The number of halogens is 3. The van der Waals surface area contributed by atoms with Gasteiger partial charge in [0, 0.05) is 6.42 Å². The van der Waals surface area contributed by atoms with Crippen LogP contribution in [0.5, 0.6) is 0 Å². The molecule has 0 amide bonds. The maximum absolute atomic E-state index is 12.2. The van der Waals surface area contributed by atoms with Crippen LogP contribution >= 0.6 is 0 Å². The van der Waals surface area contributed by atoms with Crippen LogP contribution in [0.2, 0.25) is 0 Å². The van der Waals surface area contributed by atoms with Gasteiger partial charge in [-0.15, -0.1) is 0 Å². The summed E-state index contributed by atoms with van der Waals surface area (Å²) in [5.41, 5.74) is -5.46. The third-order valence-corrected chi connectivity index (χ3v) is 4.70. The van der Waals surface area contributed by atoms with Crippen LogP contribution < -0.4 is 0 Å². The van der Waals surface area contributed by atoms with Gasteiger partial charge < -0.3 is 8.92 Å². The second-order valence-corrected chi connectivity index (χ2v) is 7.24. The van der Waals surface area contributed by atoms with Crippen molar-refractivity contribution in [2.75, 3.05) is 6.61 Å². The number of carbonyl (C=O) groups is 1. The van der Waals surface area contributed by atoms with Crippen molar-refractivity contribution in [3.05, 3.63) is 11.8 Å². The molecule has 0 aromatic heterocycles. The van der Waals surface area contributed by atoms with Gasteiger partial charge in [-0.25, -0.2) is 0 Å². The van der Waals surface area contributed by atoms with Gasteiger partial charge in [0.05, 0.1) is 12.5 Å². The highest BCUT2D eigenvalue weighted by atomic mass is 32.2. The fourth-order valence-electron chi connectivity index (χ4n) is 2.28. The molecule has 5 nitrogen and oxygen atoms in total. The molecule has 140 valence electrons. The first kappa shape index (κ1) is 20.8. The Kier molecular flexibility index (Phi) is 8.05. The van der Waals surface area contributed by atoms with Crippen LogP contribution in [0.25, 0.3) is 0 Å². The molecule has 0 saturated heterocycles. The molecule has 0 aromatic carbocycles. The summed E-state index contributed by atoms with van der Waals surface area (Å²) in [7, 11) is -5.64. The van der Waals surface area contributed by atoms with Gasteiger partial charge >= 0.3 is 21.6 Å². The van der Waals surface area contributed by atoms with E-state index < -0.39 is 27.5 Å². The fraction of sp³-hybridized carbons (Fsp3) is 0.800. The molecule has 0 radical (unpaired) electrons. The molecule has 1 unspecified atom stereocenters. The zero-order valence-corrected chi connectivity index (χ0v) is 14.4. The monoisotopic (exact) mass is 372 g/mol. The third-order valence-electron chi connectivity index (χ3n) is 3.70. The van der Waals surface area contributed by atoms with Gasteiger partial charge in [0.1, 0.15) is 5.76 Å². The number of esters is 1. The lowest BCUT2D eigenvalue weighted by atomic mass is 9.93. The third kappa shape index (κ3) is 6.70. The first-order valence-electron chi connectivity index (χ1n) is 8.03. The molecular formula is C15H23F3O5S. The molecule has 1 aliphatic rings. The van der Waals surface area contributed by atoms with Crippen molar-refractivity contribution in [2.24, 2.45) is 5.92 Å². The molecule has 9 heteroatoms. The molecular weight excluding hydrogens is 349 g/mol. The van der Waals surface area contributed by atoms with Crippen molar-refractivity contribution in [3.8, 4) is 0 Å². The lowest BCUT2D eigenvalue weighted by Crippen LogP contribution is -2.27. The molecule has 0 N–H and O–H groups in total. The molecule has 1 aliphatic carbocycles. The van der Waals surface area contributed by atoms with Crippen molar-refractivity contribution >= 4 is 16.1 Å². The second kappa shape index (κ2) is 9.29. The van der Waals surface area contributed by atoms with E-state index in [2.05, 4.69) is 11.1 Å². The van der Waals surface area contributed by atoms with E-state index >= 15 is 0 Å². The van der Waals surface area contributed by atoms with Crippen molar-refractivity contribution < 1.29 is 35.3 Å². The number of ether oxygens (including phenoxy) is 1. The summed E-state index contributed by atoms with van der Waals surface area (Å²) in [6.07, 6.45) is 6.60. The zero-order valence-electron chi connectivity index (χ0n) is 13.6. The number of carbonyl (C=O) groups excluding carboxylic acids is 1. The Morgan fingerprint density at radius 2 is 1.92 bits per heavy atom. The van der Waals surface area contributed by atoms with Crippen LogP contribution in [0.15, 0.2) is 11.8 Å². The van der Waals surface area contributed by atoms with Gasteiger partial charge in [-0.3, -0.25) is 4.79 Å². The number of unbranched alkanes of at least 4 members (excludes halogenated alkanes) is 4. The Hall–Kier alpha value is -1.25. The Bertz CT molecular complexity index is 540. The Labute approximate surface area is 140 Å². The highest BCUT2D eigenvalue weighted by Gasteiger charge is 2.49. The molecule has 0 aliphatic heterocycles. The van der Waals surface area contributed by atoms with Crippen LogP contribution in [-0.2, 0) is 23.8 Å². The van der Waals surface area contributed by atoms with E-state index in [0.717, 1.165) is 32.1 Å². The first-order chi connectivity index (χ1) is 11.2. The number of hydrogen-bond acceptors (Lipinski definition) is 5. The molecule has 1 rings (SSSR count). The number of hydrogen-bond donors (Lipinski definition) is 0. The average molecular weight is 372 g/mol. The highest BCUT2D eigenvalue weighted by molar-refractivity contribution is 7.87. The summed E-state index contributed by atoms with van der Waals surface area (Å²) in [5.74, 6) is -1.16. The molecule has 1 atom stereocenters. The van der Waals surface area contributed by atoms with Crippen molar-refractivity contribution in [3.63, 3.8) is 0 Å². The van der Waals surface area contributed by atoms with Crippen LogP contribution in [-0.4, -0.2) is 26.5 Å². The minimum atomic E-state index is -5.64. The fourth-order valence-corrected chi connectivity index (χ4v) is 2.81. The largest absolute Gasteiger partial charge is 0.534 e. The average Bonchev–Trinajstić information content (AvgIpc) is 2.49. The van der Waals surface area contributed by atoms with E-state index in [9.17, 15) is 26.4 Å². The molecule has 0 aromatic rings. The summed E-state index contributed by atoms with van der Waals surface area (Å²) < 4.78 is 67.7. The van der Waals surface area contributed by atoms with E-state index in [-0.39, 0.29) is 25.0 Å². The highest BCUT2D eigenvalue weighted by Crippen LogP contribution is 2.31. The van der Waals surface area contributed by atoms with Crippen LogP contribution in [0.3, 0.4) is 0 Å². The van der Waals surface area contributed by atoms with Gasteiger partial charge in [0.15, 0.2) is 0 Å². The van der Waals surface area contributed by atoms with Gasteiger partial charge in [-0.2, -0.15) is 21.6 Å². The van der Waals surface area contributed by atoms with Gasteiger partial charge in [-0.1, -0.05) is 32.6 Å². The normalized spacial score (nSPS) is 18.8. The van der Waals surface area contributed by atoms with Crippen LogP contribution in [0.4, 0.5) is 13.2 Å². The van der Waals surface area contributed by atoms with Crippen LogP contribution in [0.1, 0.15) is 58.3 Å². The maximum Gasteiger partial charge on any atom is 0.534 e. The number of alkyl halides is 3. The first-order valence-corrected chi connectivity index (χ1v) is 9.44. The SMILES string of the molecule is CCCCCCCOC(=O)C1CC=C(OS(=O)(=O)C(F)(F)F)CC1. The predicted molar refractivity (Wildman–Crippen MR) is 81.2 cm³/mol. The number of allylic oxidation sites excluding steroid dienone is 2. The lowest BCUT2D eigenvalue weighted by molar-refractivity contribution is -0.149. The quantitative estimate of drug-likeness (QED) is 0.264. The second-order valence-electron chi connectivity index (χ2n) is 5.71. The van der Waals surface area contributed by atoms with E-state index in [1.807, 2.05) is 0 Å². The van der Waals surface area contributed by atoms with Crippen LogP contribution in [0, 0.1) is 5.92 Å². The van der Waals surface area contributed by atoms with Crippen molar-refractivity contribution in [1.82, 2.24) is 0 Å². The zero-order chi connectivity index (χ0) is 18.2. The standard InChI is InChI=1S/C15H23F3O5S/c1-2-3-4-5-6-11-22-14(19)12-7-9-13(10-8-12)23-24(20,21)15(16,17)18/h9,12H,2-8,10-11H2,1H3. The molecule has 0 saturated carbocycles. The van der Waals surface area contributed by atoms with E-state index in [4.69, 9.17) is 4.74 Å². The predicted octanol–water partition coefficient (Wildman–Crippen LogP) is 4.05. The summed E-state index contributed by atoms with van der Waals surface area (Å²) >= 11 is 0. The summed E-state index contributed by atoms with van der Waals surface area (Å²) in [6, 6.07) is 0. The van der Waals surface area contributed by atoms with Gasteiger partial charge in [-0.05, 0) is 25.3 Å². The Balaban J connectivity index is 2.36. The molecule has 0 spiro atoms. The van der Waals surface area contributed by atoms with E-state index in [1.54, 1.807) is 0 Å². The van der Waals surface area contributed by atoms with E-state index in [0.29, 0.717) is 6.61 Å². The summed E-state index contributed by atoms with van der Waals surface area (Å²) in [5, 5.41) is 0. The van der Waals surface area contributed by atoms with Gasteiger partial charge in [0.25, 0.3) is 0 Å². The van der Waals surface area contributed by atoms with E-state index in [1.165, 1.54) is 6.08 Å². The summed E-state index contributed by atoms with van der Waals surface area (Å²) in [6.45, 7) is 2.43. The van der Waals surface area contributed by atoms with Gasteiger partial charge in [0.2, 0.25) is 0 Å². The Morgan fingerprint density at radius 1 is 1.25 bits per heavy atom. The molecule has 0 fully saturated rings.